The number of rotatable bonds is 8. The van der Waals surface area contributed by atoms with E-state index in [1.807, 2.05) is 49.7 Å². The van der Waals surface area contributed by atoms with Crippen LogP contribution >= 0.6 is 27.7 Å². The summed E-state index contributed by atoms with van der Waals surface area (Å²) in [6.45, 7) is 9.55. The average molecular weight is 477 g/mol. The number of carbonyl (C=O) groups excluding carboxylic acids is 1. The van der Waals surface area contributed by atoms with Crippen molar-refractivity contribution in [3.05, 3.63) is 51.5 Å². The first-order valence-corrected chi connectivity index (χ1v) is 11.3. The number of hydrogen-bond acceptors (Lipinski definition) is 5. The van der Waals surface area contributed by atoms with Crippen LogP contribution in [0, 0.1) is 20.8 Å². The van der Waals surface area contributed by atoms with Gasteiger partial charge in [-0.3, -0.25) is 9.48 Å². The zero-order valence-electron chi connectivity index (χ0n) is 17.1. The van der Waals surface area contributed by atoms with E-state index in [0.29, 0.717) is 0 Å². The maximum absolute atomic E-state index is 12.3. The van der Waals surface area contributed by atoms with Crippen LogP contribution in [0.4, 0.5) is 5.69 Å². The second-order valence-electron chi connectivity index (χ2n) is 6.75. The van der Waals surface area contributed by atoms with Crippen molar-refractivity contribution in [2.45, 2.75) is 52.4 Å². The molecule has 0 aliphatic heterocycles. The molecule has 3 rings (SSSR count). The Hall–Kier alpha value is -2.13. The second-order valence-corrected chi connectivity index (χ2v) is 8.49. The largest absolute Gasteiger partial charge is 0.325 e. The van der Waals surface area contributed by atoms with Crippen LogP contribution in [0.15, 0.2) is 33.9 Å². The van der Waals surface area contributed by atoms with Gasteiger partial charge < -0.3 is 9.88 Å². The molecule has 29 heavy (non-hydrogen) atoms. The van der Waals surface area contributed by atoms with Crippen LogP contribution in [0.25, 0.3) is 0 Å². The minimum Gasteiger partial charge on any atom is -0.325 e. The zero-order valence-corrected chi connectivity index (χ0v) is 19.5. The first kappa shape index (κ1) is 21.6. The molecular formula is C20H25BrN6OS. The number of anilines is 1. The molecule has 3 aromatic rings. The van der Waals surface area contributed by atoms with Crippen LogP contribution in [0.1, 0.15) is 29.7 Å². The molecule has 2 aromatic heterocycles. The monoisotopic (exact) mass is 476 g/mol. The van der Waals surface area contributed by atoms with E-state index in [4.69, 9.17) is 0 Å². The van der Waals surface area contributed by atoms with E-state index in [1.165, 1.54) is 11.8 Å². The average Bonchev–Trinajstić information content (AvgIpc) is 3.21. The zero-order chi connectivity index (χ0) is 21.0. The van der Waals surface area contributed by atoms with Gasteiger partial charge in [0.1, 0.15) is 5.82 Å². The smallest absolute Gasteiger partial charge is 0.234 e. The van der Waals surface area contributed by atoms with Gasteiger partial charge in [-0.25, -0.2) is 0 Å². The van der Waals surface area contributed by atoms with Gasteiger partial charge in [-0.05, 0) is 55.3 Å². The Morgan fingerprint density at radius 3 is 2.62 bits per heavy atom. The lowest BCUT2D eigenvalue weighted by Gasteiger charge is -2.09. The van der Waals surface area contributed by atoms with Gasteiger partial charge in [0.2, 0.25) is 5.91 Å². The summed E-state index contributed by atoms with van der Waals surface area (Å²) < 4.78 is 5.09. The molecular weight excluding hydrogens is 452 g/mol. The maximum atomic E-state index is 12.3. The van der Waals surface area contributed by atoms with Gasteiger partial charge >= 0.3 is 0 Å². The lowest BCUT2D eigenvalue weighted by atomic mass is 10.2. The number of carbonyl (C=O) groups is 1. The summed E-state index contributed by atoms with van der Waals surface area (Å²) in [5, 5.41) is 16.9. The molecule has 0 atom stereocenters. The number of aryl methyl sites for hydroxylation is 4. The Morgan fingerprint density at radius 1 is 1.21 bits per heavy atom. The first-order valence-electron chi connectivity index (χ1n) is 9.50. The summed E-state index contributed by atoms with van der Waals surface area (Å²) in [7, 11) is 0. The third-order valence-electron chi connectivity index (χ3n) is 4.70. The molecule has 9 heteroatoms. The lowest BCUT2D eigenvalue weighted by molar-refractivity contribution is -0.113. The third-order valence-corrected chi connectivity index (χ3v) is 6.82. The number of nitrogens with zero attached hydrogens (tertiary/aromatic N) is 5. The highest BCUT2D eigenvalue weighted by Crippen LogP contribution is 2.21. The van der Waals surface area contributed by atoms with E-state index in [2.05, 4.69) is 48.0 Å². The second kappa shape index (κ2) is 9.58. The predicted molar refractivity (Wildman–Crippen MR) is 119 cm³/mol. The Balaban J connectivity index is 1.61. The van der Waals surface area contributed by atoms with Crippen molar-refractivity contribution in [3.63, 3.8) is 0 Å². The fraction of sp³-hybridized carbons (Fsp3) is 0.400. The quantitative estimate of drug-likeness (QED) is 0.493. The molecule has 0 fully saturated rings. The van der Waals surface area contributed by atoms with Crippen LogP contribution in [0.3, 0.4) is 0 Å². The van der Waals surface area contributed by atoms with Crippen molar-refractivity contribution in [2.24, 2.45) is 0 Å². The molecule has 0 spiro atoms. The van der Waals surface area contributed by atoms with E-state index in [9.17, 15) is 4.79 Å². The summed E-state index contributed by atoms with van der Waals surface area (Å²) >= 11 is 4.97. The third kappa shape index (κ3) is 5.08. The Kier molecular flexibility index (Phi) is 7.13. The number of amides is 1. The first-order chi connectivity index (χ1) is 13.9. The topological polar surface area (TPSA) is 77.6 Å². The number of halogens is 1. The molecule has 154 valence electrons. The van der Waals surface area contributed by atoms with Crippen molar-refractivity contribution in [1.29, 1.82) is 0 Å². The van der Waals surface area contributed by atoms with Crippen LogP contribution in [0.5, 0.6) is 0 Å². The van der Waals surface area contributed by atoms with Crippen molar-refractivity contribution in [2.75, 3.05) is 11.1 Å². The summed E-state index contributed by atoms with van der Waals surface area (Å²) in [6, 6.07) is 7.75. The van der Waals surface area contributed by atoms with Gasteiger partial charge in [0.25, 0.3) is 0 Å². The Bertz CT molecular complexity index is 1010. The number of aromatic nitrogens is 5. The molecule has 2 heterocycles. The number of hydrogen-bond donors (Lipinski definition) is 1. The van der Waals surface area contributed by atoms with Crippen LogP contribution < -0.4 is 5.32 Å². The minimum absolute atomic E-state index is 0.0519. The van der Waals surface area contributed by atoms with Crippen LogP contribution in [-0.2, 0) is 24.3 Å². The van der Waals surface area contributed by atoms with Gasteiger partial charge in [0.15, 0.2) is 5.16 Å². The Labute approximate surface area is 183 Å². The summed E-state index contributed by atoms with van der Waals surface area (Å²) in [6.07, 6.45) is 0.727. The molecule has 0 saturated heterocycles. The molecule has 7 nitrogen and oxygen atoms in total. The summed E-state index contributed by atoms with van der Waals surface area (Å²) in [5.41, 5.74) is 3.97. The Morgan fingerprint density at radius 2 is 1.97 bits per heavy atom. The summed E-state index contributed by atoms with van der Waals surface area (Å²) in [4.78, 5) is 12.3. The molecule has 0 radical (unpaired) electrons. The molecule has 0 aliphatic rings. The van der Waals surface area contributed by atoms with Gasteiger partial charge in [-0.1, -0.05) is 30.0 Å². The minimum atomic E-state index is -0.0519. The van der Waals surface area contributed by atoms with Crippen molar-refractivity contribution in [1.82, 2.24) is 24.5 Å². The number of para-hydroxylation sites is 1. The molecule has 1 N–H and O–H groups in total. The van der Waals surface area contributed by atoms with Gasteiger partial charge in [-0.15, -0.1) is 10.2 Å². The predicted octanol–water partition coefficient (Wildman–Crippen LogP) is 4.16. The van der Waals surface area contributed by atoms with Crippen molar-refractivity contribution >= 4 is 39.3 Å². The van der Waals surface area contributed by atoms with Crippen LogP contribution in [0.2, 0.25) is 0 Å². The molecule has 0 aliphatic carbocycles. The SMILES string of the molecule is CCn1c(CCn2nc(C)c(Br)c2C)nnc1SCC(=O)Nc1ccccc1C. The standard InChI is InChI=1S/C20H25BrN6OS/c1-5-26-17(10-11-27-15(4)19(21)14(3)25-27)23-24-20(26)29-12-18(28)22-16-9-7-6-8-13(16)2/h6-9H,5,10-12H2,1-4H3,(H,22,28). The highest BCUT2D eigenvalue weighted by Gasteiger charge is 2.15. The number of nitrogens with one attached hydrogen (secondary N) is 1. The number of benzene rings is 1. The molecule has 1 amide bonds. The van der Waals surface area contributed by atoms with E-state index in [-0.39, 0.29) is 11.7 Å². The molecule has 0 bridgehead atoms. The van der Waals surface area contributed by atoms with Crippen LogP contribution in [-0.4, -0.2) is 36.2 Å². The number of thioether (sulfide) groups is 1. The van der Waals surface area contributed by atoms with E-state index in [0.717, 1.165) is 57.6 Å². The molecule has 0 unspecified atom stereocenters. The van der Waals surface area contributed by atoms with E-state index in [1.54, 1.807) is 0 Å². The normalized spacial score (nSPS) is 11.1. The highest BCUT2D eigenvalue weighted by atomic mass is 79.9. The fourth-order valence-electron chi connectivity index (χ4n) is 3.06. The maximum Gasteiger partial charge on any atom is 0.234 e. The lowest BCUT2D eigenvalue weighted by Crippen LogP contribution is -2.15. The molecule has 0 saturated carbocycles. The van der Waals surface area contributed by atoms with Gasteiger partial charge in [-0.2, -0.15) is 5.10 Å². The van der Waals surface area contributed by atoms with E-state index < -0.39 is 0 Å². The van der Waals surface area contributed by atoms with Crippen molar-refractivity contribution in [3.8, 4) is 0 Å². The highest BCUT2D eigenvalue weighted by molar-refractivity contribution is 9.10. The summed E-state index contributed by atoms with van der Waals surface area (Å²) in [5.74, 6) is 1.14. The van der Waals surface area contributed by atoms with Crippen molar-refractivity contribution < 1.29 is 4.79 Å². The van der Waals surface area contributed by atoms with E-state index >= 15 is 0 Å². The van der Waals surface area contributed by atoms with Gasteiger partial charge in [0, 0.05) is 30.9 Å². The van der Waals surface area contributed by atoms with Gasteiger partial charge in [0.05, 0.1) is 15.9 Å². The fourth-order valence-corrected chi connectivity index (χ4v) is 4.16. The molecule has 1 aromatic carbocycles.